The zero-order valence-corrected chi connectivity index (χ0v) is 11.3. The lowest BCUT2D eigenvalue weighted by Gasteiger charge is -2.20. The van der Waals surface area contributed by atoms with Crippen LogP contribution in [0.25, 0.3) is 0 Å². The van der Waals surface area contributed by atoms with E-state index >= 15 is 0 Å². The Bertz CT molecular complexity index is 540. The number of nitrogens with zero attached hydrogens (tertiary/aromatic N) is 1. The molecule has 1 aromatic heterocycles. The van der Waals surface area contributed by atoms with Gasteiger partial charge in [-0.05, 0) is 45.8 Å². The van der Waals surface area contributed by atoms with E-state index in [4.69, 9.17) is 9.47 Å². The molecular weight excluding hydrogens is 296 g/mol. The Balaban J connectivity index is 1.78. The van der Waals surface area contributed by atoms with Gasteiger partial charge in [0.1, 0.15) is 13.2 Å². The summed E-state index contributed by atoms with van der Waals surface area (Å²) in [6.07, 6.45) is 3.93. The zero-order valence-electron chi connectivity index (χ0n) is 9.73. The second-order valence-corrected chi connectivity index (χ2v) is 4.88. The lowest BCUT2D eigenvalue weighted by Crippen LogP contribution is -2.17. The smallest absolute Gasteiger partial charge is 0.175 e. The second kappa shape index (κ2) is 4.94. The lowest BCUT2D eigenvalue weighted by atomic mass is 10.2. The van der Waals surface area contributed by atoms with E-state index < -0.39 is 0 Å². The fraction of sp³-hybridized carbons (Fsp3) is 0.231. The maximum atomic E-state index is 5.59. The Morgan fingerprint density at radius 3 is 2.78 bits per heavy atom. The molecule has 1 aromatic carbocycles. The van der Waals surface area contributed by atoms with Crippen molar-refractivity contribution in [2.75, 3.05) is 18.6 Å². The topological polar surface area (TPSA) is 35.4 Å². The van der Waals surface area contributed by atoms with Crippen molar-refractivity contribution < 1.29 is 9.47 Å². The van der Waals surface area contributed by atoms with Gasteiger partial charge in [-0.15, -0.1) is 0 Å². The standard InChI is InChI=1S/C13H13BrN2O2/c14-11-7-10(9-15-16-3-1-2-4-16)8-12-13(11)18-6-5-17-12/h1-4,7-8,15H,5-6,9H2. The SMILES string of the molecule is Brc1cc(CNn2cccc2)cc2c1OCCO2. The lowest BCUT2D eigenvalue weighted by molar-refractivity contribution is 0.170. The van der Waals surface area contributed by atoms with E-state index in [9.17, 15) is 0 Å². The molecule has 0 saturated heterocycles. The molecule has 1 aliphatic rings. The van der Waals surface area contributed by atoms with Crippen molar-refractivity contribution in [2.45, 2.75) is 6.54 Å². The minimum absolute atomic E-state index is 0.604. The summed E-state index contributed by atoms with van der Waals surface area (Å²) in [6.45, 7) is 1.93. The van der Waals surface area contributed by atoms with E-state index in [0.29, 0.717) is 13.2 Å². The van der Waals surface area contributed by atoms with Crippen LogP contribution in [-0.2, 0) is 6.54 Å². The number of benzene rings is 1. The summed E-state index contributed by atoms with van der Waals surface area (Å²) >= 11 is 3.51. The van der Waals surface area contributed by atoms with Crippen molar-refractivity contribution in [1.82, 2.24) is 4.68 Å². The molecule has 2 aromatic rings. The third-order valence-electron chi connectivity index (χ3n) is 2.73. The van der Waals surface area contributed by atoms with Crippen LogP contribution in [0.15, 0.2) is 41.1 Å². The Labute approximate surface area is 114 Å². The van der Waals surface area contributed by atoms with Crippen LogP contribution in [-0.4, -0.2) is 17.9 Å². The highest BCUT2D eigenvalue weighted by atomic mass is 79.9. The number of halogens is 1. The number of ether oxygens (including phenoxy) is 2. The molecule has 0 atom stereocenters. The van der Waals surface area contributed by atoms with E-state index in [-0.39, 0.29) is 0 Å². The van der Waals surface area contributed by atoms with Gasteiger partial charge in [-0.1, -0.05) is 0 Å². The maximum absolute atomic E-state index is 5.59. The van der Waals surface area contributed by atoms with Crippen molar-refractivity contribution in [3.05, 3.63) is 46.7 Å². The first kappa shape index (κ1) is 11.5. The maximum Gasteiger partial charge on any atom is 0.175 e. The molecular formula is C13H13BrN2O2. The van der Waals surface area contributed by atoms with Crippen molar-refractivity contribution in [1.29, 1.82) is 0 Å². The Morgan fingerprint density at radius 1 is 1.17 bits per heavy atom. The molecule has 0 saturated carbocycles. The summed E-state index contributed by atoms with van der Waals surface area (Å²) in [7, 11) is 0. The molecule has 2 heterocycles. The molecule has 5 heteroatoms. The van der Waals surface area contributed by atoms with E-state index in [1.165, 1.54) is 0 Å². The van der Waals surface area contributed by atoms with Crippen LogP contribution in [0.5, 0.6) is 11.5 Å². The van der Waals surface area contributed by atoms with Crippen molar-refractivity contribution in [2.24, 2.45) is 0 Å². The van der Waals surface area contributed by atoms with Crippen LogP contribution in [0.2, 0.25) is 0 Å². The molecule has 1 N–H and O–H groups in total. The quantitative estimate of drug-likeness (QED) is 0.947. The highest BCUT2D eigenvalue weighted by Gasteiger charge is 2.16. The fourth-order valence-electron chi connectivity index (χ4n) is 1.89. The molecule has 4 nitrogen and oxygen atoms in total. The minimum Gasteiger partial charge on any atom is -0.486 e. The largest absolute Gasteiger partial charge is 0.486 e. The Hall–Kier alpha value is -1.62. The van der Waals surface area contributed by atoms with Crippen LogP contribution >= 0.6 is 15.9 Å². The summed E-state index contributed by atoms with van der Waals surface area (Å²) in [6, 6.07) is 8.01. The predicted molar refractivity (Wildman–Crippen MR) is 72.6 cm³/mol. The molecule has 0 radical (unpaired) electrons. The van der Waals surface area contributed by atoms with Crippen molar-refractivity contribution in [3.63, 3.8) is 0 Å². The fourth-order valence-corrected chi connectivity index (χ4v) is 2.49. The average molecular weight is 309 g/mol. The van der Waals surface area contributed by atoms with Gasteiger partial charge in [0, 0.05) is 12.4 Å². The van der Waals surface area contributed by atoms with Gasteiger partial charge < -0.3 is 14.9 Å². The van der Waals surface area contributed by atoms with Gasteiger partial charge >= 0.3 is 0 Å². The molecule has 0 aliphatic carbocycles. The average Bonchev–Trinajstić information content (AvgIpc) is 2.90. The van der Waals surface area contributed by atoms with Crippen molar-refractivity contribution >= 4 is 15.9 Å². The number of hydrogen-bond donors (Lipinski definition) is 1. The summed E-state index contributed by atoms with van der Waals surface area (Å²) in [5.74, 6) is 1.60. The molecule has 3 rings (SSSR count). The molecule has 0 fully saturated rings. The summed E-state index contributed by atoms with van der Waals surface area (Å²) < 4.78 is 14.0. The third kappa shape index (κ3) is 2.31. The van der Waals surface area contributed by atoms with Gasteiger partial charge in [-0.25, -0.2) is 0 Å². The van der Waals surface area contributed by atoms with Gasteiger partial charge in [0.15, 0.2) is 11.5 Å². The highest BCUT2D eigenvalue weighted by molar-refractivity contribution is 9.10. The van der Waals surface area contributed by atoms with Crippen LogP contribution in [0.3, 0.4) is 0 Å². The number of fused-ring (bicyclic) bond motifs is 1. The second-order valence-electron chi connectivity index (χ2n) is 4.03. The Kier molecular flexibility index (Phi) is 3.15. The van der Waals surface area contributed by atoms with E-state index in [0.717, 1.165) is 28.1 Å². The van der Waals surface area contributed by atoms with Gasteiger partial charge in [0.05, 0.1) is 11.0 Å². The summed E-state index contributed by atoms with van der Waals surface area (Å²) in [4.78, 5) is 0. The van der Waals surface area contributed by atoms with Gasteiger partial charge in [0.25, 0.3) is 0 Å². The van der Waals surface area contributed by atoms with E-state index in [2.05, 4.69) is 21.4 Å². The third-order valence-corrected chi connectivity index (χ3v) is 3.32. The van der Waals surface area contributed by atoms with Crippen LogP contribution < -0.4 is 14.9 Å². The van der Waals surface area contributed by atoms with Crippen LogP contribution in [0.1, 0.15) is 5.56 Å². The first-order valence-electron chi connectivity index (χ1n) is 5.78. The number of nitrogens with one attached hydrogen (secondary N) is 1. The predicted octanol–water partition coefficient (Wildman–Crippen LogP) is 2.77. The van der Waals surface area contributed by atoms with Crippen LogP contribution in [0, 0.1) is 0 Å². The zero-order chi connectivity index (χ0) is 12.4. The molecule has 0 bridgehead atoms. The first-order valence-corrected chi connectivity index (χ1v) is 6.57. The van der Waals surface area contributed by atoms with Gasteiger partial charge in [0.2, 0.25) is 0 Å². The summed E-state index contributed by atoms with van der Waals surface area (Å²) in [5.41, 5.74) is 4.41. The highest BCUT2D eigenvalue weighted by Crippen LogP contribution is 2.38. The number of rotatable bonds is 3. The molecule has 1 aliphatic heterocycles. The monoisotopic (exact) mass is 308 g/mol. The minimum atomic E-state index is 0.604. The van der Waals surface area contributed by atoms with Gasteiger partial charge in [-0.3, -0.25) is 4.68 Å². The number of hydrogen-bond acceptors (Lipinski definition) is 3. The van der Waals surface area contributed by atoms with Crippen molar-refractivity contribution in [3.8, 4) is 11.5 Å². The molecule has 0 amide bonds. The number of aromatic nitrogens is 1. The van der Waals surface area contributed by atoms with Gasteiger partial charge in [-0.2, -0.15) is 0 Å². The normalized spacial score (nSPS) is 13.4. The molecule has 0 spiro atoms. The van der Waals surface area contributed by atoms with Crippen LogP contribution in [0.4, 0.5) is 0 Å². The first-order chi connectivity index (χ1) is 8.83. The Morgan fingerprint density at radius 2 is 1.94 bits per heavy atom. The summed E-state index contributed by atoms with van der Waals surface area (Å²) in [5, 5.41) is 0. The molecule has 0 unspecified atom stereocenters. The van der Waals surface area contributed by atoms with E-state index in [1.807, 2.05) is 41.3 Å². The molecule has 18 heavy (non-hydrogen) atoms. The molecule has 94 valence electrons. The van der Waals surface area contributed by atoms with E-state index in [1.54, 1.807) is 0 Å².